The maximum Gasteiger partial charge on any atom is 0.449 e. The molecule has 0 spiro atoms. The number of hydrogen-bond donors (Lipinski definition) is 2. The number of nitrogens with zero attached hydrogens (tertiary/aromatic N) is 4. The molecule has 1 atom stereocenters. The molecular formula is C19H20ClF3N6. The molecule has 2 aromatic heterocycles. The van der Waals surface area contributed by atoms with Crippen LogP contribution in [-0.4, -0.2) is 33.0 Å². The molecule has 3 heterocycles. The Labute approximate surface area is 170 Å². The predicted molar refractivity (Wildman–Crippen MR) is 106 cm³/mol. The smallest absolute Gasteiger partial charge is 0.370 e. The predicted octanol–water partition coefficient (Wildman–Crippen LogP) is 4.87. The van der Waals surface area contributed by atoms with Crippen LogP contribution in [-0.2, 0) is 12.7 Å². The largest absolute Gasteiger partial charge is 0.449 e. The van der Waals surface area contributed by atoms with Gasteiger partial charge in [-0.1, -0.05) is 24.6 Å². The van der Waals surface area contributed by atoms with Crippen molar-refractivity contribution in [1.82, 2.24) is 19.9 Å². The molecule has 0 bridgehead atoms. The number of hydrogen-bond acceptors (Lipinski definition) is 5. The van der Waals surface area contributed by atoms with Gasteiger partial charge in [0, 0.05) is 19.6 Å². The first-order valence-electron chi connectivity index (χ1n) is 9.36. The zero-order valence-corrected chi connectivity index (χ0v) is 16.5. The molecule has 3 aromatic rings. The van der Waals surface area contributed by atoms with E-state index in [1.54, 1.807) is 0 Å². The lowest BCUT2D eigenvalue weighted by Crippen LogP contribution is -2.34. The van der Waals surface area contributed by atoms with Crippen LogP contribution in [0.1, 0.15) is 31.2 Å². The quantitative estimate of drug-likeness (QED) is 0.625. The monoisotopic (exact) mass is 424 g/mol. The number of anilines is 2. The maximum absolute atomic E-state index is 12.9. The number of fused-ring (bicyclic) bond motifs is 1. The highest BCUT2D eigenvalue weighted by Gasteiger charge is 2.35. The molecule has 1 aromatic carbocycles. The Kier molecular flexibility index (Phi) is 5.24. The van der Waals surface area contributed by atoms with E-state index >= 15 is 0 Å². The number of rotatable bonds is 4. The lowest BCUT2D eigenvalue weighted by Gasteiger charge is -2.33. The van der Waals surface area contributed by atoms with E-state index in [0.29, 0.717) is 17.5 Å². The number of benzene rings is 1. The highest BCUT2D eigenvalue weighted by Crippen LogP contribution is 2.32. The van der Waals surface area contributed by atoms with Crippen LogP contribution in [0.2, 0.25) is 5.02 Å². The topological polar surface area (TPSA) is 69.7 Å². The van der Waals surface area contributed by atoms with Crippen LogP contribution in [0.4, 0.5) is 24.7 Å². The number of imidazole rings is 1. The Hall–Kier alpha value is -2.55. The first kappa shape index (κ1) is 19.8. The molecule has 6 nitrogen and oxygen atoms in total. The second-order valence-corrected chi connectivity index (χ2v) is 7.74. The van der Waals surface area contributed by atoms with Crippen LogP contribution in [0.3, 0.4) is 0 Å². The van der Waals surface area contributed by atoms with Gasteiger partial charge < -0.3 is 15.2 Å². The van der Waals surface area contributed by atoms with Crippen LogP contribution < -0.4 is 10.2 Å². The van der Waals surface area contributed by atoms with Crippen molar-refractivity contribution in [1.29, 1.82) is 0 Å². The van der Waals surface area contributed by atoms with E-state index in [1.807, 2.05) is 18.2 Å². The van der Waals surface area contributed by atoms with Gasteiger partial charge in [-0.15, -0.1) is 0 Å². The fraction of sp³-hybridized carbons (Fsp3) is 0.421. The van der Waals surface area contributed by atoms with Crippen molar-refractivity contribution in [2.45, 2.75) is 32.5 Å². The molecule has 1 unspecified atom stereocenters. The average molecular weight is 425 g/mol. The van der Waals surface area contributed by atoms with Crippen LogP contribution in [0, 0.1) is 5.92 Å². The second-order valence-electron chi connectivity index (χ2n) is 7.34. The minimum atomic E-state index is -4.58. The third kappa shape index (κ3) is 4.24. The molecule has 1 aliphatic rings. The Bertz CT molecular complexity index is 1020. The Morgan fingerprint density at radius 3 is 2.86 bits per heavy atom. The van der Waals surface area contributed by atoms with Crippen molar-refractivity contribution in [3.63, 3.8) is 0 Å². The number of aromatic amines is 1. The minimum absolute atomic E-state index is 0.0394. The number of aromatic nitrogens is 4. The van der Waals surface area contributed by atoms with E-state index < -0.39 is 12.0 Å². The van der Waals surface area contributed by atoms with Crippen molar-refractivity contribution in [2.24, 2.45) is 5.92 Å². The van der Waals surface area contributed by atoms with Gasteiger partial charge in [-0.2, -0.15) is 13.2 Å². The van der Waals surface area contributed by atoms with E-state index in [2.05, 4.69) is 37.1 Å². The molecule has 10 heteroatoms. The van der Waals surface area contributed by atoms with Gasteiger partial charge in [0.1, 0.15) is 11.8 Å². The lowest BCUT2D eigenvalue weighted by molar-refractivity contribution is -0.144. The van der Waals surface area contributed by atoms with Crippen LogP contribution in [0.25, 0.3) is 11.2 Å². The molecule has 0 amide bonds. The van der Waals surface area contributed by atoms with Crippen LogP contribution >= 0.6 is 11.6 Å². The molecule has 2 N–H and O–H groups in total. The third-order valence-electron chi connectivity index (χ3n) is 5.03. The highest BCUT2D eigenvalue weighted by atomic mass is 35.5. The fourth-order valence-electron chi connectivity index (χ4n) is 3.61. The summed E-state index contributed by atoms with van der Waals surface area (Å²) in [6.07, 6.45) is -1.02. The van der Waals surface area contributed by atoms with Gasteiger partial charge in [-0.25, -0.2) is 15.0 Å². The summed E-state index contributed by atoms with van der Waals surface area (Å²) in [4.78, 5) is 15.9. The van der Waals surface area contributed by atoms with Gasteiger partial charge in [0.15, 0.2) is 11.5 Å². The highest BCUT2D eigenvalue weighted by molar-refractivity contribution is 6.33. The molecule has 29 heavy (non-hydrogen) atoms. The SMILES string of the molecule is CC1CCCN(c2ccc(CNc3ncnc4nc(C(F)(F)F)[nH]c34)cc2Cl)C1. The van der Waals surface area contributed by atoms with E-state index in [4.69, 9.17) is 11.6 Å². The van der Waals surface area contributed by atoms with Gasteiger partial charge in [-0.3, -0.25) is 0 Å². The molecule has 0 radical (unpaired) electrons. The van der Waals surface area contributed by atoms with Crippen molar-refractivity contribution >= 4 is 34.3 Å². The summed E-state index contributed by atoms with van der Waals surface area (Å²) in [6.45, 7) is 4.56. The fourth-order valence-corrected chi connectivity index (χ4v) is 3.93. The summed E-state index contributed by atoms with van der Waals surface area (Å²) in [7, 11) is 0. The zero-order chi connectivity index (χ0) is 20.6. The number of H-pyrrole nitrogens is 1. The van der Waals surface area contributed by atoms with E-state index in [9.17, 15) is 13.2 Å². The van der Waals surface area contributed by atoms with Gasteiger partial charge >= 0.3 is 6.18 Å². The van der Waals surface area contributed by atoms with E-state index in [0.717, 1.165) is 30.8 Å². The standard InChI is InChI=1S/C19H20ClF3N6/c1-11-3-2-6-29(9-11)14-5-4-12(7-13(14)20)8-24-16-15-17(26-10-25-16)28-18(27-15)19(21,22)23/h4-5,7,10-11H,2-3,6,8-9H2,1H3,(H2,24,25,26,27,28). The summed E-state index contributed by atoms with van der Waals surface area (Å²) < 4.78 is 38.7. The van der Waals surface area contributed by atoms with Crippen LogP contribution in [0.15, 0.2) is 24.5 Å². The Morgan fingerprint density at radius 1 is 1.31 bits per heavy atom. The Morgan fingerprint density at radius 2 is 2.14 bits per heavy atom. The van der Waals surface area contributed by atoms with E-state index in [1.165, 1.54) is 12.7 Å². The molecule has 1 aliphatic heterocycles. The van der Waals surface area contributed by atoms with Crippen molar-refractivity contribution in [3.8, 4) is 0 Å². The molecule has 0 aliphatic carbocycles. The Balaban J connectivity index is 1.51. The minimum Gasteiger partial charge on any atom is -0.370 e. The number of halogens is 4. The molecule has 154 valence electrons. The summed E-state index contributed by atoms with van der Waals surface area (Å²) in [5, 5.41) is 3.70. The van der Waals surface area contributed by atoms with E-state index in [-0.39, 0.29) is 17.0 Å². The third-order valence-corrected chi connectivity index (χ3v) is 5.33. The first-order chi connectivity index (χ1) is 13.8. The summed E-state index contributed by atoms with van der Waals surface area (Å²) in [5.41, 5.74) is 1.98. The zero-order valence-electron chi connectivity index (χ0n) is 15.7. The lowest BCUT2D eigenvalue weighted by atomic mass is 9.99. The molecule has 1 saturated heterocycles. The number of piperidine rings is 1. The molecule has 0 saturated carbocycles. The molecular weight excluding hydrogens is 405 g/mol. The first-order valence-corrected chi connectivity index (χ1v) is 9.74. The van der Waals surface area contributed by atoms with Crippen LogP contribution in [0.5, 0.6) is 0 Å². The van der Waals surface area contributed by atoms with Crippen molar-refractivity contribution in [3.05, 3.63) is 40.9 Å². The van der Waals surface area contributed by atoms with Crippen molar-refractivity contribution < 1.29 is 13.2 Å². The second kappa shape index (κ2) is 7.70. The molecule has 1 fully saturated rings. The van der Waals surface area contributed by atoms with Gasteiger partial charge in [0.25, 0.3) is 0 Å². The number of alkyl halides is 3. The normalized spacial score (nSPS) is 17.7. The molecule has 4 rings (SSSR count). The van der Waals surface area contributed by atoms with Gasteiger partial charge in [0.2, 0.25) is 5.82 Å². The summed E-state index contributed by atoms with van der Waals surface area (Å²) >= 11 is 6.50. The van der Waals surface area contributed by atoms with Gasteiger partial charge in [0.05, 0.1) is 10.7 Å². The summed E-state index contributed by atoms with van der Waals surface area (Å²) in [5.74, 6) is -0.209. The summed E-state index contributed by atoms with van der Waals surface area (Å²) in [6, 6.07) is 5.82. The van der Waals surface area contributed by atoms with Gasteiger partial charge in [-0.05, 0) is 36.5 Å². The average Bonchev–Trinajstić information content (AvgIpc) is 3.12. The van der Waals surface area contributed by atoms with Crippen molar-refractivity contribution in [2.75, 3.05) is 23.3 Å². The maximum atomic E-state index is 12.9. The number of nitrogens with one attached hydrogen (secondary N) is 2.